The van der Waals surface area contributed by atoms with Gasteiger partial charge in [-0.05, 0) is 42.5 Å². The maximum absolute atomic E-state index is 12.5. The number of nitro groups is 1. The van der Waals surface area contributed by atoms with Gasteiger partial charge in [-0.3, -0.25) is 10.1 Å². The molecule has 0 atom stereocenters. The van der Waals surface area contributed by atoms with Crippen LogP contribution < -0.4 is 5.63 Å². The first-order valence-corrected chi connectivity index (χ1v) is 10.9. The Balaban J connectivity index is 1.50. The van der Waals surface area contributed by atoms with Gasteiger partial charge >= 0.3 is 5.63 Å². The van der Waals surface area contributed by atoms with Gasteiger partial charge in [0, 0.05) is 40.5 Å². The molecule has 3 heterocycles. The van der Waals surface area contributed by atoms with Crippen LogP contribution in [0.25, 0.3) is 39.6 Å². The molecule has 3 aromatic heterocycles. The molecule has 0 N–H and O–H groups in total. The molecule has 9 heteroatoms. The molecule has 34 heavy (non-hydrogen) atoms. The molecule has 0 unspecified atom stereocenters. The highest BCUT2D eigenvalue weighted by molar-refractivity contribution is 7.11. The minimum atomic E-state index is -0.495. The highest BCUT2D eigenvalue weighted by Crippen LogP contribution is 2.28. The van der Waals surface area contributed by atoms with Crippen LogP contribution in [-0.4, -0.2) is 14.5 Å². The SMILES string of the molecule is N#C/C(=C/c1cccn1-c1ccc([N+](=O)[O-])cc1)c1nc(-c2cc3ccccc3oc2=O)cs1. The van der Waals surface area contributed by atoms with Crippen molar-refractivity contribution in [1.82, 2.24) is 9.55 Å². The van der Waals surface area contributed by atoms with Crippen LogP contribution in [0.1, 0.15) is 10.7 Å². The van der Waals surface area contributed by atoms with E-state index in [-0.39, 0.29) is 5.69 Å². The van der Waals surface area contributed by atoms with Crippen LogP contribution in [0.4, 0.5) is 5.69 Å². The molecular weight excluding hydrogens is 452 g/mol. The summed E-state index contributed by atoms with van der Waals surface area (Å²) >= 11 is 1.25. The van der Waals surface area contributed by atoms with E-state index in [1.165, 1.54) is 23.5 Å². The zero-order valence-corrected chi connectivity index (χ0v) is 18.2. The molecule has 0 saturated heterocycles. The number of nitrogens with zero attached hydrogens (tertiary/aromatic N) is 4. The van der Waals surface area contributed by atoms with Gasteiger partial charge in [0.05, 0.1) is 21.8 Å². The number of nitro benzene ring substituents is 1. The number of hydrogen-bond acceptors (Lipinski definition) is 7. The Labute approximate surface area is 196 Å². The highest BCUT2D eigenvalue weighted by atomic mass is 32.1. The van der Waals surface area contributed by atoms with Gasteiger partial charge in [-0.15, -0.1) is 11.3 Å². The van der Waals surface area contributed by atoms with Crippen LogP contribution >= 0.6 is 11.3 Å². The molecule has 0 amide bonds. The largest absolute Gasteiger partial charge is 0.422 e. The first kappa shape index (κ1) is 21.1. The number of non-ortho nitro benzene ring substituents is 1. The first-order valence-electron chi connectivity index (χ1n) is 10.1. The molecule has 2 aromatic carbocycles. The fourth-order valence-electron chi connectivity index (χ4n) is 3.53. The second-order valence-electron chi connectivity index (χ2n) is 7.27. The number of thiazole rings is 1. The number of hydrogen-bond donors (Lipinski definition) is 0. The molecule has 5 rings (SSSR count). The van der Waals surface area contributed by atoms with Crippen LogP contribution in [0.2, 0.25) is 0 Å². The van der Waals surface area contributed by atoms with Crippen molar-refractivity contribution in [1.29, 1.82) is 5.26 Å². The Bertz CT molecular complexity index is 1670. The van der Waals surface area contributed by atoms with E-state index >= 15 is 0 Å². The van der Waals surface area contributed by atoms with Gasteiger partial charge in [-0.1, -0.05) is 18.2 Å². The van der Waals surface area contributed by atoms with Crippen LogP contribution in [0.3, 0.4) is 0 Å². The predicted octanol–water partition coefficient (Wildman–Crippen LogP) is 5.68. The molecule has 5 aromatic rings. The van der Waals surface area contributed by atoms with Crippen LogP contribution in [0.15, 0.2) is 87.5 Å². The second-order valence-corrected chi connectivity index (χ2v) is 8.13. The lowest BCUT2D eigenvalue weighted by atomic mass is 10.1. The average molecular weight is 466 g/mol. The van der Waals surface area contributed by atoms with Crippen molar-refractivity contribution in [3.05, 3.63) is 110 Å². The van der Waals surface area contributed by atoms with E-state index in [1.54, 1.807) is 48.0 Å². The van der Waals surface area contributed by atoms with Crippen molar-refractivity contribution >= 4 is 39.6 Å². The van der Waals surface area contributed by atoms with Gasteiger partial charge in [0.2, 0.25) is 0 Å². The number of fused-ring (bicyclic) bond motifs is 1. The summed E-state index contributed by atoms with van der Waals surface area (Å²) in [6.07, 6.45) is 3.49. The van der Waals surface area contributed by atoms with Gasteiger partial charge in [0.1, 0.15) is 16.7 Å². The molecule has 0 spiro atoms. The number of allylic oxidation sites excluding steroid dienone is 1. The Morgan fingerprint density at radius 1 is 1.15 bits per heavy atom. The molecule has 0 fully saturated rings. The van der Waals surface area contributed by atoms with E-state index in [0.717, 1.165) is 5.39 Å². The van der Waals surface area contributed by atoms with Crippen molar-refractivity contribution < 1.29 is 9.34 Å². The minimum absolute atomic E-state index is 0.000746. The maximum atomic E-state index is 12.5. The van der Waals surface area contributed by atoms with Gasteiger partial charge in [-0.2, -0.15) is 5.26 Å². The Morgan fingerprint density at radius 3 is 2.71 bits per heavy atom. The van der Waals surface area contributed by atoms with E-state index in [4.69, 9.17) is 4.42 Å². The average Bonchev–Trinajstić information content (AvgIpc) is 3.52. The summed E-state index contributed by atoms with van der Waals surface area (Å²) in [5, 5.41) is 23.7. The van der Waals surface area contributed by atoms with Crippen LogP contribution in [-0.2, 0) is 0 Å². The topological polar surface area (TPSA) is 115 Å². The summed E-state index contributed by atoms with van der Waals surface area (Å²) in [5.74, 6) is 0. The van der Waals surface area contributed by atoms with Crippen LogP contribution in [0.5, 0.6) is 0 Å². The van der Waals surface area contributed by atoms with Gasteiger partial charge in [0.25, 0.3) is 5.69 Å². The number of benzene rings is 2. The number of nitriles is 1. The standard InChI is InChI=1S/C25H14N4O4S/c26-14-17(12-20-5-3-11-28(20)18-7-9-19(10-8-18)29(31)32)24-27-22(15-34-24)21-13-16-4-1-2-6-23(16)33-25(21)30/h1-13,15H/b17-12-. The summed E-state index contributed by atoms with van der Waals surface area (Å²) < 4.78 is 7.21. The van der Waals surface area contributed by atoms with E-state index in [0.29, 0.717) is 38.8 Å². The van der Waals surface area contributed by atoms with Gasteiger partial charge < -0.3 is 8.98 Å². The minimum Gasteiger partial charge on any atom is -0.422 e. The normalized spacial score (nSPS) is 11.4. The first-order chi connectivity index (χ1) is 16.5. The van der Waals surface area contributed by atoms with Crippen molar-refractivity contribution in [2.75, 3.05) is 0 Å². The second kappa shape index (κ2) is 8.61. The Hall–Kier alpha value is -4.81. The van der Waals surface area contributed by atoms with Gasteiger partial charge in [-0.25, -0.2) is 9.78 Å². The lowest BCUT2D eigenvalue weighted by Gasteiger charge is -2.06. The summed E-state index contributed by atoms with van der Waals surface area (Å²) in [7, 11) is 0. The van der Waals surface area contributed by atoms with E-state index in [1.807, 2.05) is 28.8 Å². The molecule has 164 valence electrons. The fraction of sp³-hybridized carbons (Fsp3) is 0. The molecule has 0 aliphatic carbocycles. The lowest BCUT2D eigenvalue weighted by molar-refractivity contribution is -0.384. The lowest BCUT2D eigenvalue weighted by Crippen LogP contribution is -2.02. The van der Waals surface area contributed by atoms with E-state index in [9.17, 15) is 20.2 Å². The van der Waals surface area contributed by atoms with Crippen molar-refractivity contribution in [3.63, 3.8) is 0 Å². The maximum Gasteiger partial charge on any atom is 0.345 e. The zero-order chi connectivity index (χ0) is 23.7. The molecule has 0 saturated carbocycles. The van der Waals surface area contributed by atoms with Crippen molar-refractivity contribution in [2.24, 2.45) is 0 Å². The van der Waals surface area contributed by atoms with Crippen molar-refractivity contribution in [2.45, 2.75) is 0 Å². The molecule has 0 bridgehead atoms. The third-order valence-electron chi connectivity index (χ3n) is 5.18. The van der Waals surface area contributed by atoms with Crippen molar-refractivity contribution in [3.8, 4) is 23.0 Å². The Morgan fingerprint density at radius 2 is 1.94 bits per heavy atom. The third kappa shape index (κ3) is 3.90. The third-order valence-corrected chi connectivity index (χ3v) is 6.06. The number of para-hydroxylation sites is 1. The number of rotatable bonds is 5. The fourth-order valence-corrected chi connectivity index (χ4v) is 4.32. The van der Waals surface area contributed by atoms with E-state index in [2.05, 4.69) is 11.1 Å². The quantitative estimate of drug-likeness (QED) is 0.142. The summed E-state index contributed by atoms with van der Waals surface area (Å²) in [6, 6.07) is 20.9. The highest BCUT2D eigenvalue weighted by Gasteiger charge is 2.15. The molecule has 8 nitrogen and oxygen atoms in total. The predicted molar refractivity (Wildman–Crippen MR) is 129 cm³/mol. The smallest absolute Gasteiger partial charge is 0.345 e. The Kier molecular flexibility index (Phi) is 5.33. The molecule has 0 radical (unpaired) electrons. The molecular formula is C25H14N4O4S. The summed E-state index contributed by atoms with van der Waals surface area (Å²) in [6.45, 7) is 0. The summed E-state index contributed by atoms with van der Waals surface area (Å²) in [5.41, 5.74) is 2.50. The monoisotopic (exact) mass is 466 g/mol. The number of aromatic nitrogens is 2. The summed E-state index contributed by atoms with van der Waals surface area (Å²) in [4.78, 5) is 27.5. The molecule has 0 aliphatic rings. The van der Waals surface area contributed by atoms with Crippen LogP contribution in [0, 0.1) is 21.4 Å². The van der Waals surface area contributed by atoms with Gasteiger partial charge in [0.15, 0.2) is 0 Å². The molecule has 0 aliphatic heterocycles. The van der Waals surface area contributed by atoms with E-state index < -0.39 is 10.5 Å². The zero-order valence-electron chi connectivity index (χ0n) is 17.4.